The van der Waals surface area contributed by atoms with Crippen LogP contribution < -0.4 is 14.9 Å². The van der Waals surface area contributed by atoms with Crippen molar-refractivity contribution >= 4 is 44.5 Å². The van der Waals surface area contributed by atoms with Crippen LogP contribution in [0.3, 0.4) is 0 Å². The summed E-state index contributed by atoms with van der Waals surface area (Å²) in [7, 11) is -3.92. The maximum absolute atomic E-state index is 12.9. The third kappa shape index (κ3) is 5.52. The minimum atomic E-state index is -3.92. The minimum Gasteiger partial charge on any atom is -0.372 e. The second-order valence-corrected chi connectivity index (χ2v) is 10.7. The van der Waals surface area contributed by atoms with E-state index in [0.717, 1.165) is 35.8 Å². The van der Waals surface area contributed by atoms with Gasteiger partial charge in [0.2, 0.25) is 0 Å². The molecule has 3 heterocycles. The van der Waals surface area contributed by atoms with E-state index in [0.29, 0.717) is 11.4 Å². The zero-order chi connectivity index (χ0) is 23.6. The van der Waals surface area contributed by atoms with Crippen LogP contribution in [0.4, 0.5) is 17.2 Å². The van der Waals surface area contributed by atoms with E-state index in [-0.39, 0.29) is 22.0 Å². The number of nitrogens with one attached hydrogen (secondary N) is 2. The number of thiophene rings is 1. The molecular formula is C23H26N4O4S2. The Balaban J connectivity index is 1.46. The van der Waals surface area contributed by atoms with Gasteiger partial charge >= 0.3 is 0 Å². The van der Waals surface area contributed by atoms with Gasteiger partial charge in [0, 0.05) is 18.8 Å². The van der Waals surface area contributed by atoms with Gasteiger partial charge in [-0.2, -0.15) is 0 Å². The van der Waals surface area contributed by atoms with Gasteiger partial charge in [0.25, 0.3) is 15.9 Å². The van der Waals surface area contributed by atoms with Crippen LogP contribution in [-0.4, -0.2) is 44.6 Å². The van der Waals surface area contributed by atoms with Crippen molar-refractivity contribution in [1.82, 2.24) is 4.98 Å². The van der Waals surface area contributed by atoms with E-state index >= 15 is 0 Å². The third-order valence-corrected chi connectivity index (χ3v) is 7.64. The highest BCUT2D eigenvalue weighted by Crippen LogP contribution is 2.26. The predicted octanol–water partition coefficient (Wildman–Crippen LogP) is 4.12. The Kier molecular flexibility index (Phi) is 6.68. The Morgan fingerprint density at radius 2 is 1.73 bits per heavy atom. The van der Waals surface area contributed by atoms with Gasteiger partial charge in [-0.25, -0.2) is 13.4 Å². The van der Waals surface area contributed by atoms with Crippen LogP contribution >= 0.6 is 11.3 Å². The van der Waals surface area contributed by atoms with Gasteiger partial charge in [0.15, 0.2) is 0 Å². The molecule has 1 aromatic carbocycles. The first kappa shape index (κ1) is 23.2. The van der Waals surface area contributed by atoms with Gasteiger partial charge in [0.05, 0.1) is 24.1 Å². The van der Waals surface area contributed by atoms with Crippen molar-refractivity contribution in [2.24, 2.45) is 0 Å². The van der Waals surface area contributed by atoms with Crippen molar-refractivity contribution in [3.8, 4) is 0 Å². The summed E-state index contributed by atoms with van der Waals surface area (Å²) in [4.78, 5) is 19.5. The first-order valence-electron chi connectivity index (χ1n) is 10.6. The molecule has 0 radical (unpaired) electrons. The number of morpholine rings is 1. The zero-order valence-corrected chi connectivity index (χ0v) is 20.2. The Labute approximate surface area is 197 Å². The normalized spacial score (nSPS) is 18.7. The van der Waals surface area contributed by atoms with Crippen LogP contribution in [0.25, 0.3) is 0 Å². The predicted molar refractivity (Wildman–Crippen MR) is 131 cm³/mol. The summed E-state index contributed by atoms with van der Waals surface area (Å²) in [5, 5.41) is 4.33. The maximum Gasteiger partial charge on any atom is 0.267 e. The van der Waals surface area contributed by atoms with Gasteiger partial charge in [-0.05, 0) is 56.5 Å². The van der Waals surface area contributed by atoms with Gasteiger partial charge < -0.3 is 15.0 Å². The van der Waals surface area contributed by atoms with E-state index in [1.54, 1.807) is 29.8 Å². The van der Waals surface area contributed by atoms with Crippen LogP contribution in [0, 0.1) is 6.92 Å². The number of aromatic nitrogens is 1. The number of ether oxygens (including phenoxy) is 1. The van der Waals surface area contributed by atoms with Crippen molar-refractivity contribution in [2.45, 2.75) is 37.9 Å². The number of benzene rings is 1. The molecule has 2 atom stereocenters. The molecule has 1 saturated heterocycles. The van der Waals surface area contributed by atoms with Gasteiger partial charge in [-0.15, -0.1) is 11.3 Å². The van der Waals surface area contributed by atoms with Gasteiger partial charge in [-0.1, -0.05) is 17.7 Å². The van der Waals surface area contributed by atoms with E-state index in [4.69, 9.17) is 4.74 Å². The summed E-state index contributed by atoms with van der Waals surface area (Å²) < 4.78 is 34.1. The largest absolute Gasteiger partial charge is 0.372 e. The number of anilines is 3. The lowest BCUT2D eigenvalue weighted by atomic mass is 10.2. The van der Waals surface area contributed by atoms with Crippen molar-refractivity contribution in [2.75, 3.05) is 28.0 Å². The number of aryl methyl sites for hydroxylation is 1. The molecule has 2 aromatic heterocycles. The Hall–Kier alpha value is -2.95. The highest BCUT2D eigenvalue weighted by Gasteiger charge is 2.25. The molecule has 2 N–H and O–H groups in total. The summed E-state index contributed by atoms with van der Waals surface area (Å²) in [6.45, 7) is 7.46. The second kappa shape index (κ2) is 9.50. The fourth-order valence-electron chi connectivity index (χ4n) is 3.71. The molecule has 1 aliphatic rings. The molecule has 0 bridgehead atoms. The number of pyridine rings is 1. The summed E-state index contributed by atoms with van der Waals surface area (Å²) in [5.74, 6) is 0.300. The highest BCUT2D eigenvalue weighted by atomic mass is 32.2. The van der Waals surface area contributed by atoms with E-state index in [9.17, 15) is 13.2 Å². The van der Waals surface area contributed by atoms with E-state index in [1.165, 1.54) is 6.07 Å². The summed E-state index contributed by atoms with van der Waals surface area (Å²) in [5.41, 5.74) is 1.94. The van der Waals surface area contributed by atoms with Crippen LogP contribution in [0.15, 0.2) is 58.9 Å². The highest BCUT2D eigenvalue weighted by molar-refractivity contribution is 7.93. The van der Waals surface area contributed by atoms with Crippen LogP contribution in [-0.2, 0) is 14.8 Å². The van der Waals surface area contributed by atoms with Crippen molar-refractivity contribution in [3.05, 3.63) is 64.5 Å². The molecule has 1 amide bonds. The van der Waals surface area contributed by atoms with Crippen molar-refractivity contribution < 1.29 is 17.9 Å². The molecule has 4 rings (SSSR count). The fraction of sp³-hybridized carbons (Fsp3) is 0.304. The molecule has 1 aliphatic heterocycles. The van der Waals surface area contributed by atoms with Gasteiger partial charge in [-0.3, -0.25) is 9.52 Å². The average Bonchev–Trinajstić information content (AvgIpc) is 3.26. The molecule has 174 valence electrons. The number of nitrogens with zero attached hydrogens (tertiary/aromatic N) is 2. The van der Waals surface area contributed by atoms with E-state index < -0.39 is 15.9 Å². The lowest BCUT2D eigenvalue weighted by molar-refractivity contribution is -0.00545. The number of hydrogen-bond donors (Lipinski definition) is 2. The number of carbonyl (C=O) groups is 1. The van der Waals surface area contributed by atoms with Crippen LogP contribution in [0.1, 0.15) is 29.1 Å². The van der Waals surface area contributed by atoms with Crippen molar-refractivity contribution in [3.63, 3.8) is 0 Å². The van der Waals surface area contributed by atoms with Crippen molar-refractivity contribution in [1.29, 1.82) is 0 Å². The first-order valence-corrected chi connectivity index (χ1v) is 12.9. The number of hydrogen-bond acceptors (Lipinski definition) is 7. The molecule has 8 nitrogen and oxygen atoms in total. The molecule has 0 spiro atoms. The lowest BCUT2D eigenvalue weighted by Crippen LogP contribution is -2.45. The smallest absolute Gasteiger partial charge is 0.267 e. The zero-order valence-electron chi connectivity index (χ0n) is 18.6. The van der Waals surface area contributed by atoms with Crippen LogP contribution in [0.5, 0.6) is 0 Å². The Morgan fingerprint density at radius 3 is 2.36 bits per heavy atom. The summed E-state index contributed by atoms with van der Waals surface area (Å²) in [6.07, 6.45) is 1.80. The molecule has 2 unspecified atom stereocenters. The number of amides is 1. The summed E-state index contributed by atoms with van der Waals surface area (Å²) in [6, 6.07) is 12.0. The molecule has 10 heteroatoms. The second-order valence-electron chi connectivity index (χ2n) is 8.11. The van der Waals surface area contributed by atoms with Gasteiger partial charge in [0.1, 0.15) is 15.6 Å². The topological polar surface area (TPSA) is 101 Å². The molecule has 3 aromatic rings. The van der Waals surface area contributed by atoms with E-state index in [2.05, 4.69) is 19.9 Å². The standard InChI is InChI=1S/C23H26N4O4S2/c1-15-4-6-18(7-5-15)26-33(29,30)20-10-11-32-22(20)23(28)25-19-8-9-21(24-12-19)27-13-16(2)31-17(3)14-27/h4-12,16-17,26H,13-14H2,1-3H3,(H,25,28). The Bertz CT molecular complexity index is 1210. The van der Waals surface area contributed by atoms with Crippen LogP contribution in [0.2, 0.25) is 0 Å². The monoisotopic (exact) mass is 486 g/mol. The molecule has 1 fully saturated rings. The molecule has 33 heavy (non-hydrogen) atoms. The minimum absolute atomic E-state index is 0.0635. The SMILES string of the molecule is Cc1ccc(NS(=O)(=O)c2ccsc2C(=O)Nc2ccc(N3CC(C)OC(C)C3)nc2)cc1. The third-order valence-electron chi connectivity index (χ3n) is 5.18. The molecule has 0 saturated carbocycles. The molecular weight excluding hydrogens is 460 g/mol. The Morgan fingerprint density at radius 1 is 1.06 bits per heavy atom. The maximum atomic E-state index is 12.9. The lowest BCUT2D eigenvalue weighted by Gasteiger charge is -2.36. The fourth-order valence-corrected chi connectivity index (χ4v) is 6.09. The quantitative estimate of drug-likeness (QED) is 0.544. The summed E-state index contributed by atoms with van der Waals surface area (Å²) >= 11 is 1.07. The number of sulfonamides is 1. The first-order chi connectivity index (χ1) is 15.7. The number of rotatable bonds is 6. The number of carbonyl (C=O) groups excluding carboxylic acids is 1. The average molecular weight is 487 g/mol. The van der Waals surface area contributed by atoms with E-state index in [1.807, 2.05) is 39.0 Å². The molecule has 0 aliphatic carbocycles.